The van der Waals surface area contributed by atoms with Crippen LogP contribution in [0.2, 0.25) is 5.02 Å². The molecule has 1 aliphatic rings. The molecule has 1 saturated heterocycles. The van der Waals surface area contributed by atoms with E-state index in [0.29, 0.717) is 10.6 Å². The molecule has 0 saturated carbocycles. The molecule has 0 unspecified atom stereocenters. The second-order valence-corrected chi connectivity index (χ2v) is 4.37. The molecule has 1 N–H and O–H groups in total. The van der Waals surface area contributed by atoms with Gasteiger partial charge in [0, 0.05) is 10.6 Å². The Kier molecular flexibility index (Phi) is 6.20. The first-order chi connectivity index (χ1) is 7.77. The second-order valence-electron chi connectivity index (χ2n) is 3.96. The van der Waals surface area contributed by atoms with E-state index < -0.39 is 0 Å². The minimum absolute atomic E-state index is 0. The van der Waals surface area contributed by atoms with Gasteiger partial charge in [0.25, 0.3) is 0 Å². The summed E-state index contributed by atoms with van der Waals surface area (Å²) in [4.78, 5) is 0. The molecule has 17 heavy (non-hydrogen) atoms. The molecule has 0 bridgehead atoms. The number of nitrogens with one attached hydrogen (secondary N) is 1. The van der Waals surface area contributed by atoms with Crippen LogP contribution >= 0.6 is 24.0 Å². The zero-order chi connectivity index (χ0) is 11.4. The lowest BCUT2D eigenvalue weighted by Crippen LogP contribution is -2.32. The van der Waals surface area contributed by atoms with Gasteiger partial charge in [0.2, 0.25) is 0 Å². The van der Waals surface area contributed by atoms with Crippen molar-refractivity contribution < 1.29 is 9.13 Å². The summed E-state index contributed by atoms with van der Waals surface area (Å²) >= 11 is 5.91. The summed E-state index contributed by atoms with van der Waals surface area (Å²) in [6.45, 7) is 2.20. The van der Waals surface area contributed by atoms with E-state index in [-0.39, 0.29) is 30.9 Å². The monoisotopic (exact) mass is 279 g/mol. The van der Waals surface area contributed by atoms with E-state index in [1.54, 1.807) is 12.1 Å². The number of piperidine rings is 1. The first-order valence-corrected chi connectivity index (χ1v) is 5.90. The Morgan fingerprint density at radius 2 is 2.06 bits per heavy atom. The molecule has 0 aliphatic carbocycles. The predicted molar refractivity (Wildman–Crippen MR) is 69.3 cm³/mol. The number of rotatable bonds is 3. The number of benzene rings is 1. The Labute approximate surface area is 112 Å². The highest BCUT2D eigenvalue weighted by Gasteiger charge is 2.15. The van der Waals surface area contributed by atoms with Crippen LogP contribution < -0.4 is 5.32 Å². The zero-order valence-electron chi connectivity index (χ0n) is 9.42. The van der Waals surface area contributed by atoms with Crippen LogP contribution in [0.25, 0.3) is 0 Å². The molecule has 1 aromatic rings. The first kappa shape index (κ1) is 14.7. The van der Waals surface area contributed by atoms with Gasteiger partial charge in [-0.1, -0.05) is 17.7 Å². The third kappa shape index (κ3) is 4.11. The fourth-order valence-corrected chi connectivity index (χ4v) is 2.05. The lowest BCUT2D eigenvalue weighted by atomic mass is 10.1. The first-order valence-electron chi connectivity index (χ1n) is 5.52. The molecule has 1 aliphatic heterocycles. The van der Waals surface area contributed by atoms with Crippen LogP contribution in [0, 0.1) is 5.82 Å². The number of hydrogen-bond donors (Lipinski definition) is 1. The topological polar surface area (TPSA) is 21.3 Å². The van der Waals surface area contributed by atoms with Crippen molar-refractivity contribution >= 4 is 24.0 Å². The van der Waals surface area contributed by atoms with Crippen LogP contribution in [0.4, 0.5) is 4.39 Å². The highest BCUT2D eigenvalue weighted by atomic mass is 35.5. The number of hydrogen-bond acceptors (Lipinski definition) is 2. The SMILES string of the molecule is Cl.Fc1cccc(Cl)c1COC1CCNCC1. The van der Waals surface area contributed by atoms with Crippen molar-refractivity contribution in [2.45, 2.75) is 25.6 Å². The maximum absolute atomic E-state index is 13.4. The summed E-state index contributed by atoms with van der Waals surface area (Å²) in [7, 11) is 0. The Morgan fingerprint density at radius 1 is 1.35 bits per heavy atom. The van der Waals surface area contributed by atoms with Crippen LogP contribution in [-0.2, 0) is 11.3 Å². The molecule has 1 aromatic carbocycles. The minimum atomic E-state index is -0.290. The van der Waals surface area contributed by atoms with E-state index in [0.717, 1.165) is 25.9 Å². The van der Waals surface area contributed by atoms with Crippen LogP contribution in [0.5, 0.6) is 0 Å². The van der Waals surface area contributed by atoms with Crippen molar-refractivity contribution in [1.29, 1.82) is 0 Å². The van der Waals surface area contributed by atoms with Gasteiger partial charge in [0.15, 0.2) is 0 Å². The van der Waals surface area contributed by atoms with E-state index >= 15 is 0 Å². The molecular formula is C12H16Cl2FNO. The number of ether oxygens (including phenoxy) is 1. The Bertz CT molecular complexity index is 336. The third-order valence-corrected chi connectivity index (χ3v) is 3.17. The fourth-order valence-electron chi connectivity index (χ4n) is 1.83. The van der Waals surface area contributed by atoms with Gasteiger partial charge in [-0.15, -0.1) is 12.4 Å². The van der Waals surface area contributed by atoms with Crippen molar-refractivity contribution in [3.63, 3.8) is 0 Å². The largest absolute Gasteiger partial charge is 0.373 e. The molecule has 0 atom stereocenters. The summed E-state index contributed by atoms with van der Waals surface area (Å²) in [5.41, 5.74) is 0.461. The number of halogens is 3. The van der Waals surface area contributed by atoms with Crippen LogP contribution in [-0.4, -0.2) is 19.2 Å². The summed E-state index contributed by atoms with van der Waals surface area (Å²) in [5.74, 6) is -0.290. The Morgan fingerprint density at radius 3 is 2.71 bits per heavy atom. The molecule has 2 nitrogen and oxygen atoms in total. The molecule has 5 heteroatoms. The van der Waals surface area contributed by atoms with Crippen molar-refractivity contribution in [2.24, 2.45) is 0 Å². The lowest BCUT2D eigenvalue weighted by molar-refractivity contribution is 0.0200. The molecule has 2 rings (SSSR count). The van der Waals surface area contributed by atoms with Crippen molar-refractivity contribution in [2.75, 3.05) is 13.1 Å². The van der Waals surface area contributed by atoms with E-state index in [1.165, 1.54) is 6.07 Å². The Balaban J connectivity index is 0.00000144. The molecule has 0 amide bonds. The zero-order valence-corrected chi connectivity index (χ0v) is 11.0. The summed E-state index contributed by atoms with van der Waals surface area (Å²) in [6, 6.07) is 4.70. The van der Waals surface area contributed by atoms with Crippen LogP contribution in [0.15, 0.2) is 18.2 Å². The van der Waals surface area contributed by atoms with Crippen LogP contribution in [0.1, 0.15) is 18.4 Å². The quantitative estimate of drug-likeness (QED) is 0.918. The van der Waals surface area contributed by atoms with Crippen molar-refractivity contribution in [3.8, 4) is 0 Å². The van der Waals surface area contributed by atoms with Gasteiger partial charge in [-0.25, -0.2) is 4.39 Å². The van der Waals surface area contributed by atoms with Gasteiger partial charge in [0.1, 0.15) is 5.82 Å². The molecule has 1 fully saturated rings. The van der Waals surface area contributed by atoms with Gasteiger partial charge in [-0.2, -0.15) is 0 Å². The predicted octanol–water partition coefficient (Wildman–Crippen LogP) is 3.17. The van der Waals surface area contributed by atoms with E-state index in [4.69, 9.17) is 16.3 Å². The average Bonchev–Trinajstić information content (AvgIpc) is 2.30. The van der Waals surface area contributed by atoms with Gasteiger partial charge in [-0.05, 0) is 38.1 Å². The Hall–Kier alpha value is -0.350. The van der Waals surface area contributed by atoms with Gasteiger partial charge >= 0.3 is 0 Å². The molecule has 0 radical (unpaired) electrons. The lowest BCUT2D eigenvalue weighted by Gasteiger charge is -2.23. The molecule has 0 aromatic heterocycles. The van der Waals surface area contributed by atoms with Gasteiger partial charge in [-0.3, -0.25) is 0 Å². The summed E-state index contributed by atoms with van der Waals surface area (Å²) in [6.07, 6.45) is 2.18. The normalized spacial score (nSPS) is 16.6. The summed E-state index contributed by atoms with van der Waals surface area (Å²) < 4.78 is 19.1. The minimum Gasteiger partial charge on any atom is -0.373 e. The summed E-state index contributed by atoms with van der Waals surface area (Å²) in [5, 5.41) is 3.69. The highest BCUT2D eigenvalue weighted by Crippen LogP contribution is 2.21. The van der Waals surface area contributed by atoms with Gasteiger partial charge in [0.05, 0.1) is 12.7 Å². The highest BCUT2D eigenvalue weighted by molar-refractivity contribution is 6.31. The standard InChI is InChI=1S/C12H15ClFNO.ClH/c13-11-2-1-3-12(14)10(11)8-16-9-4-6-15-7-5-9;/h1-3,9,15H,4-8H2;1H. The molecule has 96 valence electrons. The maximum Gasteiger partial charge on any atom is 0.130 e. The smallest absolute Gasteiger partial charge is 0.130 e. The molecular weight excluding hydrogens is 264 g/mol. The third-order valence-electron chi connectivity index (χ3n) is 2.81. The van der Waals surface area contributed by atoms with Crippen LogP contribution in [0.3, 0.4) is 0 Å². The molecule has 1 heterocycles. The van der Waals surface area contributed by atoms with Crippen molar-refractivity contribution in [3.05, 3.63) is 34.6 Å². The van der Waals surface area contributed by atoms with E-state index in [2.05, 4.69) is 5.32 Å². The van der Waals surface area contributed by atoms with Crippen molar-refractivity contribution in [1.82, 2.24) is 5.32 Å². The average molecular weight is 280 g/mol. The second kappa shape index (κ2) is 7.17. The van der Waals surface area contributed by atoms with Gasteiger partial charge < -0.3 is 10.1 Å². The van der Waals surface area contributed by atoms with E-state index in [9.17, 15) is 4.39 Å². The fraction of sp³-hybridized carbons (Fsp3) is 0.500. The maximum atomic E-state index is 13.4. The molecule has 0 spiro atoms. The van der Waals surface area contributed by atoms with E-state index in [1.807, 2.05) is 0 Å².